The van der Waals surface area contributed by atoms with E-state index < -0.39 is 23.7 Å². The highest BCUT2D eigenvalue weighted by Gasteiger charge is 2.22. The fourth-order valence-electron chi connectivity index (χ4n) is 1.58. The Bertz CT molecular complexity index is 500. The molecule has 0 radical (unpaired) electrons. The van der Waals surface area contributed by atoms with E-state index in [0.717, 1.165) is 0 Å². The van der Waals surface area contributed by atoms with Gasteiger partial charge in [0.15, 0.2) is 0 Å². The number of benzene rings is 1. The van der Waals surface area contributed by atoms with Crippen LogP contribution in [0.3, 0.4) is 0 Å². The minimum atomic E-state index is -2.65. The first-order valence-corrected chi connectivity index (χ1v) is 8.29. The smallest absolute Gasteiger partial charge is 0.326 e. The molecule has 0 spiro atoms. The molecule has 1 amide bonds. The minimum Gasteiger partial charge on any atom is -0.480 e. The summed E-state index contributed by atoms with van der Waals surface area (Å²) >= 11 is 1.72. The van der Waals surface area contributed by atoms with E-state index in [2.05, 4.69) is 5.32 Å². The first-order valence-electron chi connectivity index (χ1n) is 6.02. The lowest BCUT2D eigenvalue weighted by atomic mass is 10.1. The van der Waals surface area contributed by atoms with Gasteiger partial charge in [-0.05, 0) is 30.6 Å². The van der Waals surface area contributed by atoms with Gasteiger partial charge in [-0.25, -0.2) is 4.79 Å². The molecule has 1 aromatic carbocycles. The summed E-state index contributed by atoms with van der Waals surface area (Å²) in [6.45, 7) is 0. The molecule has 1 atom stereocenters. The molecular weight excluding hydrogens is 320 g/mol. The third-order valence-corrected chi connectivity index (χ3v) is 3.99. The molecule has 1 rings (SSSR count). The number of nitrogens with one attached hydrogen (secondary N) is 1. The molecule has 1 aromatic rings. The number of amides is 1. The normalized spacial score (nSPS) is 12.2. The Hall–Kier alpha value is -1.28. The molecule has 0 heterocycles. The van der Waals surface area contributed by atoms with Crippen LogP contribution in [0.5, 0.6) is 0 Å². The zero-order chi connectivity index (χ0) is 15.8. The lowest BCUT2D eigenvalue weighted by molar-refractivity contribution is -0.139. The van der Waals surface area contributed by atoms with Gasteiger partial charge in [-0.3, -0.25) is 4.79 Å². The Labute approximate surface area is 129 Å². The Kier molecular flexibility index (Phi) is 7.52. The summed E-state index contributed by atoms with van der Waals surface area (Å²) < 4.78 is 24.9. The Morgan fingerprint density at radius 2 is 2.00 bits per heavy atom. The van der Waals surface area contributed by atoms with Crippen LogP contribution in [0.25, 0.3) is 0 Å². The van der Waals surface area contributed by atoms with Gasteiger partial charge >= 0.3 is 5.97 Å². The van der Waals surface area contributed by atoms with E-state index in [4.69, 9.17) is 5.11 Å². The second-order valence-electron chi connectivity index (χ2n) is 4.02. The molecule has 0 aliphatic carbocycles. The number of rotatable bonds is 8. The van der Waals surface area contributed by atoms with Crippen molar-refractivity contribution in [3.63, 3.8) is 0 Å². The van der Waals surface area contributed by atoms with Crippen LogP contribution < -0.4 is 5.32 Å². The van der Waals surface area contributed by atoms with E-state index >= 15 is 0 Å². The maximum atomic E-state index is 12.5. The number of aliphatic carboxylic acids is 1. The standard InChI is InChI=1S/C13H15F2NO3S2/c1-20-7-6-9(12(18)19)16-11(17)8-4-2-3-5-10(8)21-13(14)15/h2-5,9,13H,6-7H2,1H3,(H,16,17)(H,18,19)/t9-/m0/s1. The molecule has 0 bridgehead atoms. The topological polar surface area (TPSA) is 66.4 Å². The molecule has 0 saturated heterocycles. The van der Waals surface area contributed by atoms with Crippen molar-refractivity contribution in [3.8, 4) is 0 Å². The Morgan fingerprint density at radius 1 is 1.33 bits per heavy atom. The van der Waals surface area contributed by atoms with Gasteiger partial charge in [0.2, 0.25) is 0 Å². The van der Waals surface area contributed by atoms with E-state index in [0.29, 0.717) is 5.75 Å². The number of carbonyl (C=O) groups excluding carboxylic acids is 1. The molecule has 8 heteroatoms. The fraction of sp³-hybridized carbons (Fsp3) is 0.385. The molecule has 0 aromatic heterocycles. The minimum absolute atomic E-state index is 0.0539. The summed E-state index contributed by atoms with van der Waals surface area (Å²) in [4.78, 5) is 23.3. The summed E-state index contributed by atoms with van der Waals surface area (Å²) in [5.74, 6) is -3.88. The molecule has 4 nitrogen and oxygen atoms in total. The number of carbonyl (C=O) groups is 2. The van der Waals surface area contributed by atoms with Crippen molar-refractivity contribution >= 4 is 35.4 Å². The third-order valence-electron chi connectivity index (χ3n) is 2.56. The first-order chi connectivity index (χ1) is 9.95. The molecule has 0 fully saturated rings. The Balaban J connectivity index is 2.84. The van der Waals surface area contributed by atoms with Crippen LogP contribution in [-0.2, 0) is 4.79 Å². The van der Waals surface area contributed by atoms with Crippen LogP contribution in [-0.4, -0.2) is 40.8 Å². The number of halogens is 2. The number of carboxylic acid groups (broad SMARTS) is 1. The molecular formula is C13H15F2NO3S2. The summed E-state index contributed by atoms with van der Waals surface area (Å²) in [5.41, 5.74) is 0.0539. The van der Waals surface area contributed by atoms with Gasteiger partial charge in [-0.15, -0.1) is 0 Å². The highest BCUT2D eigenvalue weighted by Crippen LogP contribution is 2.28. The molecule has 2 N–H and O–H groups in total. The molecule has 0 aliphatic rings. The van der Waals surface area contributed by atoms with Crippen LogP contribution in [0.4, 0.5) is 8.78 Å². The second kappa shape index (κ2) is 8.89. The number of hydrogen-bond acceptors (Lipinski definition) is 4. The largest absolute Gasteiger partial charge is 0.480 e. The van der Waals surface area contributed by atoms with Gasteiger partial charge in [-0.1, -0.05) is 23.9 Å². The number of carboxylic acids is 1. The maximum absolute atomic E-state index is 12.5. The highest BCUT2D eigenvalue weighted by atomic mass is 32.2. The van der Waals surface area contributed by atoms with E-state index in [9.17, 15) is 18.4 Å². The van der Waals surface area contributed by atoms with Gasteiger partial charge in [0, 0.05) is 4.90 Å². The summed E-state index contributed by atoms with van der Waals surface area (Å²) in [6.07, 6.45) is 2.10. The van der Waals surface area contributed by atoms with Gasteiger partial charge in [-0.2, -0.15) is 20.5 Å². The zero-order valence-corrected chi connectivity index (χ0v) is 12.8. The lowest BCUT2D eigenvalue weighted by Crippen LogP contribution is -2.41. The number of alkyl halides is 2. The van der Waals surface area contributed by atoms with Crippen LogP contribution in [0, 0.1) is 0 Å². The fourth-order valence-corrected chi connectivity index (χ4v) is 2.69. The molecule has 0 aliphatic heterocycles. The van der Waals surface area contributed by atoms with Crippen LogP contribution in [0.15, 0.2) is 29.2 Å². The van der Waals surface area contributed by atoms with Crippen molar-refractivity contribution in [2.24, 2.45) is 0 Å². The average Bonchev–Trinajstić information content (AvgIpc) is 2.42. The summed E-state index contributed by atoms with van der Waals surface area (Å²) in [5, 5.41) is 11.4. The van der Waals surface area contributed by atoms with E-state index in [1.807, 2.05) is 6.26 Å². The van der Waals surface area contributed by atoms with Gasteiger partial charge in [0.05, 0.1) is 5.56 Å². The van der Waals surface area contributed by atoms with Crippen molar-refractivity contribution in [2.75, 3.05) is 12.0 Å². The predicted molar refractivity (Wildman–Crippen MR) is 80.2 cm³/mol. The second-order valence-corrected chi connectivity index (χ2v) is 6.04. The zero-order valence-electron chi connectivity index (χ0n) is 11.2. The van der Waals surface area contributed by atoms with Crippen LogP contribution in [0.1, 0.15) is 16.8 Å². The lowest BCUT2D eigenvalue weighted by Gasteiger charge is -2.15. The molecule has 21 heavy (non-hydrogen) atoms. The van der Waals surface area contributed by atoms with Crippen LogP contribution >= 0.6 is 23.5 Å². The quantitative estimate of drug-likeness (QED) is 0.715. The van der Waals surface area contributed by atoms with E-state index in [1.165, 1.54) is 23.9 Å². The van der Waals surface area contributed by atoms with Crippen molar-refractivity contribution in [1.82, 2.24) is 5.32 Å². The summed E-state index contributed by atoms with van der Waals surface area (Å²) in [7, 11) is 0. The van der Waals surface area contributed by atoms with Gasteiger partial charge in [0.1, 0.15) is 6.04 Å². The number of hydrogen-bond donors (Lipinski definition) is 2. The van der Waals surface area contributed by atoms with Gasteiger partial charge < -0.3 is 10.4 Å². The SMILES string of the molecule is CSCC[C@H](NC(=O)c1ccccc1SC(F)F)C(=O)O. The highest BCUT2D eigenvalue weighted by molar-refractivity contribution is 7.99. The Morgan fingerprint density at radius 3 is 2.57 bits per heavy atom. The predicted octanol–water partition coefficient (Wildman–Crippen LogP) is 2.94. The number of thioether (sulfide) groups is 2. The van der Waals surface area contributed by atoms with Crippen molar-refractivity contribution in [2.45, 2.75) is 23.1 Å². The molecule has 0 saturated carbocycles. The molecule has 0 unspecified atom stereocenters. The van der Waals surface area contributed by atoms with Crippen molar-refractivity contribution < 1.29 is 23.5 Å². The van der Waals surface area contributed by atoms with E-state index in [-0.39, 0.29) is 28.6 Å². The molecule has 116 valence electrons. The van der Waals surface area contributed by atoms with Crippen molar-refractivity contribution in [1.29, 1.82) is 0 Å². The van der Waals surface area contributed by atoms with Gasteiger partial charge in [0.25, 0.3) is 11.7 Å². The van der Waals surface area contributed by atoms with Crippen LogP contribution in [0.2, 0.25) is 0 Å². The monoisotopic (exact) mass is 335 g/mol. The van der Waals surface area contributed by atoms with Crippen molar-refractivity contribution in [3.05, 3.63) is 29.8 Å². The maximum Gasteiger partial charge on any atom is 0.326 e. The average molecular weight is 335 g/mol. The third kappa shape index (κ3) is 5.92. The van der Waals surface area contributed by atoms with E-state index in [1.54, 1.807) is 12.1 Å². The first kappa shape index (κ1) is 17.8. The summed E-state index contributed by atoms with van der Waals surface area (Å²) in [6, 6.07) is 4.86.